The van der Waals surface area contributed by atoms with Gasteiger partial charge in [0.1, 0.15) is 4.21 Å². The molecule has 2 aromatic rings. The Kier molecular flexibility index (Phi) is 2.98. The maximum absolute atomic E-state index is 11.1. The third-order valence-corrected chi connectivity index (χ3v) is 4.61. The summed E-state index contributed by atoms with van der Waals surface area (Å²) in [4.78, 5) is 4.82. The summed E-state index contributed by atoms with van der Waals surface area (Å²) in [6, 6.07) is 6.55. The zero-order valence-electron chi connectivity index (χ0n) is 7.92. The van der Waals surface area contributed by atoms with E-state index >= 15 is 0 Å². The first-order chi connectivity index (χ1) is 7.47. The number of nitrogens with zero attached hydrogens (tertiary/aromatic N) is 1. The quantitative estimate of drug-likeness (QED) is 0.911. The standard InChI is InChI=1S/C9H7ClN2O2S2/c10-6-1-2-7(12-5-6)8-3-4-9(15-8)16(11,13)14/h1-5H,(H2,11,13,14). The number of primary sulfonamides is 1. The van der Waals surface area contributed by atoms with E-state index in [4.69, 9.17) is 16.7 Å². The van der Waals surface area contributed by atoms with E-state index in [1.165, 1.54) is 12.3 Å². The lowest BCUT2D eigenvalue weighted by Crippen LogP contribution is -2.09. The van der Waals surface area contributed by atoms with Crippen LogP contribution in [0.15, 0.2) is 34.7 Å². The first-order valence-electron chi connectivity index (χ1n) is 4.21. The Hall–Kier alpha value is -0.950. The second-order valence-corrected chi connectivity index (χ2v) is 6.33. The van der Waals surface area contributed by atoms with Crippen LogP contribution in [-0.2, 0) is 10.0 Å². The summed E-state index contributed by atoms with van der Waals surface area (Å²) < 4.78 is 22.3. The Morgan fingerprint density at radius 3 is 2.50 bits per heavy atom. The minimum atomic E-state index is -3.63. The summed E-state index contributed by atoms with van der Waals surface area (Å²) in [5.41, 5.74) is 0.671. The highest BCUT2D eigenvalue weighted by atomic mass is 35.5. The summed E-state index contributed by atoms with van der Waals surface area (Å²) in [6.45, 7) is 0. The van der Waals surface area contributed by atoms with Crippen LogP contribution in [0, 0.1) is 0 Å². The molecule has 2 aromatic heterocycles. The number of halogens is 1. The van der Waals surface area contributed by atoms with E-state index in [2.05, 4.69) is 4.98 Å². The van der Waals surface area contributed by atoms with E-state index in [1.54, 1.807) is 18.2 Å². The number of hydrogen-bond donors (Lipinski definition) is 1. The maximum atomic E-state index is 11.1. The Morgan fingerprint density at radius 1 is 1.25 bits per heavy atom. The van der Waals surface area contributed by atoms with Crippen molar-refractivity contribution in [2.45, 2.75) is 4.21 Å². The molecule has 0 bridgehead atoms. The van der Waals surface area contributed by atoms with Crippen molar-refractivity contribution < 1.29 is 8.42 Å². The van der Waals surface area contributed by atoms with Gasteiger partial charge in [0.15, 0.2) is 0 Å². The van der Waals surface area contributed by atoms with Crippen molar-refractivity contribution in [2.24, 2.45) is 5.14 Å². The molecule has 84 valence electrons. The molecule has 7 heteroatoms. The number of aromatic nitrogens is 1. The lowest BCUT2D eigenvalue weighted by Gasteiger charge is -1.95. The molecule has 4 nitrogen and oxygen atoms in total. The largest absolute Gasteiger partial charge is 0.254 e. The highest BCUT2D eigenvalue weighted by Crippen LogP contribution is 2.29. The van der Waals surface area contributed by atoms with E-state index in [0.717, 1.165) is 16.2 Å². The van der Waals surface area contributed by atoms with Crippen molar-refractivity contribution in [1.29, 1.82) is 0 Å². The average Bonchev–Trinajstić information content (AvgIpc) is 2.67. The molecule has 0 amide bonds. The molecule has 0 aliphatic heterocycles. The van der Waals surface area contributed by atoms with Crippen molar-refractivity contribution in [3.8, 4) is 10.6 Å². The molecule has 0 unspecified atom stereocenters. The fourth-order valence-corrected chi connectivity index (χ4v) is 2.95. The predicted octanol–water partition coefficient (Wildman–Crippen LogP) is 2.11. The second kappa shape index (κ2) is 4.14. The topological polar surface area (TPSA) is 73.1 Å². The molecule has 2 heterocycles. The van der Waals surface area contributed by atoms with Crippen LogP contribution >= 0.6 is 22.9 Å². The van der Waals surface area contributed by atoms with E-state index < -0.39 is 10.0 Å². The number of thiophene rings is 1. The Balaban J connectivity index is 2.43. The zero-order valence-corrected chi connectivity index (χ0v) is 10.3. The normalized spacial score (nSPS) is 11.6. The molecule has 0 fully saturated rings. The molecular weight excluding hydrogens is 268 g/mol. The summed E-state index contributed by atoms with van der Waals surface area (Å²) in [6.07, 6.45) is 1.51. The van der Waals surface area contributed by atoms with E-state index in [1.807, 2.05) is 0 Å². The van der Waals surface area contributed by atoms with Crippen LogP contribution in [0.5, 0.6) is 0 Å². The third-order valence-electron chi connectivity index (χ3n) is 1.84. The fourth-order valence-electron chi connectivity index (χ4n) is 1.13. The highest BCUT2D eigenvalue weighted by molar-refractivity contribution is 7.91. The average molecular weight is 275 g/mol. The van der Waals surface area contributed by atoms with Crippen molar-refractivity contribution >= 4 is 33.0 Å². The SMILES string of the molecule is NS(=O)(=O)c1ccc(-c2ccc(Cl)cn2)s1. The molecule has 0 aromatic carbocycles. The van der Waals surface area contributed by atoms with Gasteiger partial charge in [0, 0.05) is 6.20 Å². The van der Waals surface area contributed by atoms with Gasteiger partial charge in [-0.05, 0) is 24.3 Å². The van der Waals surface area contributed by atoms with Crippen LogP contribution in [0.3, 0.4) is 0 Å². The van der Waals surface area contributed by atoms with E-state index in [-0.39, 0.29) is 4.21 Å². The predicted molar refractivity (Wildman–Crippen MR) is 63.9 cm³/mol. The van der Waals surface area contributed by atoms with Crippen LogP contribution < -0.4 is 5.14 Å². The number of rotatable bonds is 2. The van der Waals surface area contributed by atoms with Gasteiger partial charge in [-0.1, -0.05) is 11.6 Å². The third kappa shape index (κ3) is 2.41. The molecule has 16 heavy (non-hydrogen) atoms. The van der Waals surface area contributed by atoms with Crippen LogP contribution in [0.1, 0.15) is 0 Å². The first-order valence-corrected chi connectivity index (χ1v) is 6.95. The van der Waals surface area contributed by atoms with Crippen molar-refractivity contribution in [3.05, 3.63) is 35.5 Å². The lowest BCUT2D eigenvalue weighted by molar-refractivity contribution is 0.600. The van der Waals surface area contributed by atoms with Crippen LogP contribution in [0.2, 0.25) is 5.02 Å². The summed E-state index contributed by atoms with van der Waals surface area (Å²) in [5, 5.41) is 5.55. The number of nitrogens with two attached hydrogens (primary N) is 1. The van der Waals surface area contributed by atoms with Gasteiger partial charge in [0.05, 0.1) is 15.6 Å². The zero-order chi connectivity index (χ0) is 11.8. The Bertz CT molecular complexity index is 605. The van der Waals surface area contributed by atoms with Gasteiger partial charge in [-0.15, -0.1) is 11.3 Å². The highest BCUT2D eigenvalue weighted by Gasteiger charge is 2.12. The van der Waals surface area contributed by atoms with Gasteiger partial charge < -0.3 is 0 Å². The molecule has 0 spiro atoms. The molecule has 0 atom stereocenters. The summed E-state index contributed by atoms with van der Waals surface area (Å²) >= 11 is 6.78. The van der Waals surface area contributed by atoms with Crippen LogP contribution in [0.4, 0.5) is 0 Å². The van der Waals surface area contributed by atoms with Crippen molar-refractivity contribution in [2.75, 3.05) is 0 Å². The summed E-state index contributed by atoms with van der Waals surface area (Å²) in [7, 11) is -3.63. The van der Waals surface area contributed by atoms with Gasteiger partial charge in [0.25, 0.3) is 0 Å². The molecule has 0 saturated heterocycles. The Morgan fingerprint density at radius 2 is 2.00 bits per heavy atom. The van der Waals surface area contributed by atoms with Crippen molar-refractivity contribution in [3.63, 3.8) is 0 Å². The fraction of sp³-hybridized carbons (Fsp3) is 0. The van der Waals surface area contributed by atoms with Crippen LogP contribution in [-0.4, -0.2) is 13.4 Å². The summed E-state index contributed by atoms with van der Waals surface area (Å²) in [5.74, 6) is 0. The van der Waals surface area contributed by atoms with E-state index in [9.17, 15) is 8.42 Å². The number of hydrogen-bond acceptors (Lipinski definition) is 4. The molecule has 0 saturated carbocycles. The maximum Gasteiger partial charge on any atom is 0.247 e. The first kappa shape index (κ1) is 11.5. The van der Waals surface area contributed by atoms with Gasteiger partial charge in [0.2, 0.25) is 10.0 Å². The number of pyridine rings is 1. The molecule has 0 aliphatic rings. The van der Waals surface area contributed by atoms with Gasteiger partial charge >= 0.3 is 0 Å². The molecule has 2 rings (SSSR count). The monoisotopic (exact) mass is 274 g/mol. The molecule has 2 N–H and O–H groups in total. The number of sulfonamides is 1. The molecular formula is C9H7ClN2O2S2. The minimum Gasteiger partial charge on any atom is -0.254 e. The van der Waals surface area contributed by atoms with Gasteiger partial charge in [-0.2, -0.15) is 0 Å². The molecule has 0 aliphatic carbocycles. The van der Waals surface area contributed by atoms with Gasteiger partial charge in [-0.3, -0.25) is 4.98 Å². The van der Waals surface area contributed by atoms with Crippen molar-refractivity contribution in [1.82, 2.24) is 4.98 Å². The Labute approximate surface area is 102 Å². The van der Waals surface area contributed by atoms with Crippen LogP contribution in [0.25, 0.3) is 10.6 Å². The smallest absolute Gasteiger partial charge is 0.247 e. The second-order valence-electron chi connectivity index (χ2n) is 3.03. The molecule has 0 radical (unpaired) electrons. The lowest BCUT2D eigenvalue weighted by atomic mass is 10.3. The van der Waals surface area contributed by atoms with Gasteiger partial charge in [-0.25, -0.2) is 13.6 Å². The van der Waals surface area contributed by atoms with E-state index in [0.29, 0.717) is 10.7 Å². The minimum absolute atomic E-state index is 0.124.